The molecular weight excluding hydrogens is 228 g/mol. The number of fused-ring (bicyclic) bond motifs is 1. The molecule has 3 heterocycles. The summed E-state index contributed by atoms with van der Waals surface area (Å²) in [6, 6.07) is 0. The molecule has 5 nitrogen and oxygen atoms in total. The SMILES string of the molecule is CN1CCC(C(=O)N2Cc3cncnc3C2)CC1. The van der Waals surface area contributed by atoms with Crippen LogP contribution in [0.3, 0.4) is 0 Å². The largest absolute Gasteiger partial charge is 0.332 e. The number of hydrogen-bond donors (Lipinski definition) is 0. The van der Waals surface area contributed by atoms with Crippen molar-refractivity contribution in [3.05, 3.63) is 23.8 Å². The number of hydrogen-bond acceptors (Lipinski definition) is 4. The van der Waals surface area contributed by atoms with Gasteiger partial charge in [0.1, 0.15) is 6.33 Å². The summed E-state index contributed by atoms with van der Waals surface area (Å²) in [5.74, 6) is 0.490. The molecule has 2 aliphatic heterocycles. The van der Waals surface area contributed by atoms with Gasteiger partial charge in [-0.2, -0.15) is 0 Å². The topological polar surface area (TPSA) is 49.3 Å². The van der Waals surface area contributed by atoms with Crippen LogP contribution in [0, 0.1) is 5.92 Å². The van der Waals surface area contributed by atoms with Crippen molar-refractivity contribution in [2.45, 2.75) is 25.9 Å². The van der Waals surface area contributed by atoms with E-state index in [2.05, 4.69) is 21.9 Å². The summed E-state index contributed by atoms with van der Waals surface area (Å²) in [6.07, 6.45) is 5.34. The van der Waals surface area contributed by atoms with Crippen molar-refractivity contribution < 1.29 is 4.79 Å². The third kappa shape index (κ3) is 2.10. The second-order valence-electron chi connectivity index (χ2n) is 5.27. The first kappa shape index (κ1) is 11.6. The summed E-state index contributed by atoms with van der Waals surface area (Å²) in [6.45, 7) is 3.39. The predicted molar refractivity (Wildman–Crippen MR) is 66.5 cm³/mol. The Bertz CT molecular complexity index is 429. The van der Waals surface area contributed by atoms with Crippen LogP contribution in [0.15, 0.2) is 12.5 Å². The fourth-order valence-electron chi connectivity index (χ4n) is 2.77. The number of carbonyl (C=O) groups excluding carboxylic acids is 1. The molecule has 0 saturated carbocycles. The van der Waals surface area contributed by atoms with Gasteiger partial charge in [-0.15, -0.1) is 0 Å². The van der Waals surface area contributed by atoms with Gasteiger partial charge in [0.05, 0.1) is 12.2 Å². The van der Waals surface area contributed by atoms with Gasteiger partial charge >= 0.3 is 0 Å². The van der Waals surface area contributed by atoms with Crippen LogP contribution in [-0.2, 0) is 17.9 Å². The minimum atomic E-state index is 0.198. The molecule has 1 aromatic heterocycles. The highest BCUT2D eigenvalue weighted by Crippen LogP contribution is 2.25. The second-order valence-corrected chi connectivity index (χ2v) is 5.27. The normalized spacial score (nSPS) is 21.1. The van der Waals surface area contributed by atoms with Crippen LogP contribution in [-0.4, -0.2) is 45.8 Å². The lowest BCUT2D eigenvalue weighted by molar-refractivity contribution is -0.137. The van der Waals surface area contributed by atoms with Crippen LogP contribution in [0.1, 0.15) is 24.1 Å². The maximum absolute atomic E-state index is 12.4. The van der Waals surface area contributed by atoms with Crippen LogP contribution >= 0.6 is 0 Å². The minimum absolute atomic E-state index is 0.198. The van der Waals surface area contributed by atoms with Crippen LogP contribution in [0.4, 0.5) is 0 Å². The molecule has 0 spiro atoms. The highest BCUT2D eigenvalue weighted by atomic mass is 16.2. The molecule has 18 heavy (non-hydrogen) atoms. The van der Waals surface area contributed by atoms with Crippen molar-refractivity contribution in [2.75, 3.05) is 20.1 Å². The zero-order valence-electron chi connectivity index (χ0n) is 10.7. The van der Waals surface area contributed by atoms with E-state index < -0.39 is 0 Å². The van der Waals surface area contributed by atoms with Gasteiger partial charge in [-0.3, -0.25) is 4.79 Å². The lowest BCUT2D eigenvalue weighted by Crippen LogP contribution is -2.39. The molecule has 0 N–H and O–H groups in total. The Hall–Kier alpha value is -1.49. The molecule has 3 rings (SSSR count). The second kappa shape index (κ2) is 4.65. The number of carbonyl (C=O) groups is 1. The number of amides is 1. The van der Waals surface area contributed by atoms with Gasteiger partial charge in [-0.1, -0.05) is 0 Å². The third-order valence-electron chi connectivity index (χ3n) is 3.96. The molecule has 0 aromatic carbocycles. The first-order chi connectivity index (χ1) is 8.74. The third-order valence-corrected chi connectivity index (χ3v) is 3.96. The smallest absolute Gasteiger partial charge is 0.226 e. The summed E-state index contributed by atoms with van der Waals surface area (Å²) in [7, 11) is 2.11. The van der Waals surface area contributed by atoms with E-state index >= 15 is 0 Å². The van der Waals surface area contributed by atoms with Gasteiger partial charge in [-0.05, 0) is 33.0 Å². The van der Waals surface area contributed by atoms with Crippen LogP contribution < -0.4 is 0 Å². The van der Waals surface area contributed by atoms with Gasteiger partial charge in [0.25, 0.3) is 0 Å². The van der Waals surface area contributed by atoms with E-state index in [1.165, 1.54) is 0 Å². The van der Waals surface area contributed by atoms with E-state index in [0.717, 1.165) is 37.2 Å². The average molecular weight is 246 g/mol. The summed E-state index contributed by atoms with van der Waals surface area (Å²) in [5.41, 5.74) is 2.10. The molecule has 0 bridgehead atoms. The molecule has 0 aliphatic carbocycles. The first-order valence-electron chi connectivity index (χ1n) is 6.49. The van der Waals surface area contributed by atoms with Crippen molar-refractivity contribution in [1.29, 1.82) is 0 Å². The number of nitrogens with zero attached hydrogens (tertiary/aromatic N) is 4. The number of rotatable bonds is 1. The Labute approximate surface area is 107 Å². The molecule has 5 heteroatoms. The van der Waals surface area contributed by atoms with E-state index in [1.807, 2.05) is 11.1 Å². The van der Waals surface area contributed by atoms with Gasteiger partial charge < -0.3 is 9.80 Å². The van der Waals surface area contributed by atoms with Crippen molar-refractivity contribution in [3.8, 4) is 0 Å². The first-order valence-corrected chi connectivity index (χ1v) is 6.49. The fourth-order valence-corrected chi connectivity index (χ4v) is 2.77. The molecular formula is C13H18N4O. The molecule has 0 atom stereocenters. The highest BCUT2D eigenvalue weighted by molar-refractivity contribution is 5.79. The molecule has 0 radical (unpaired) electrons. The van der Waals surface area contributed by atoms with E-state index in [-0.39, 0.29) is 5.92 Å². The quantitative estimate of drug-likeness (QED) is 0.730. The Morgan fingerprint density at radius 1 is 1.33 bits per heavy atom. The van der Waals surface area contributed by atoms with Gasteiger partial charge in [0.15, 0.2) is 0 Å². The molecule has 96 valence electrons. The number of piperidine rings is 1. The van der Waals surface area contributed by atoms with E-state index in [0.29, 0.717) is 19.0 Å². The Kier molecular flexibility index (Phi) is 2.99. The number of aromatic nitrogens is 2. The van der Waals surface area contributed by atoms with Gasteiger partial charge in [0.2, 0.25) is 5.91 Å². The van der Waals surface area contributed by atoms with Crippen molar-refractivity contribution in [3.63, 3.8) is 0 Å². The summed E-state index contributed by atoms with van der Waals surface area (Å²) in [5, 5.41) is 0. The van der Waals surface area contributed by atoms with Crippen molar-refractivity contribution in [2.24, 2.45) is 5.92 Å². The monoisotopic (exact) mass is 246 g/mol. The lowest BCUT2D eigenvalue weighted by Gasteiger charge is -2.30. The lowest BCUT2D eigenvalue weighted by atomic mass is 9.96. The molecule has 1 saturated heterocycles. The maximum atomic E-state index is 12.4. The minimum Gasteiger partial charge on any atom is -0.332 e. The van der Waals surface area contributed by atoms with Crippen LogP contribution in [0.5, 0.6) is 0 Å². The summed E-state index contributed by atoms with van der Waals surface area (Å²) >= 11 is 0. The van der Waals surface area contributed by atoms with E-state index in [4.69, 9.17) is 0 Å². The highest BCUT2D eigenvalue weighted by Gasteiger charge is 2.31. The van der Waals surface area contributed by atoms with E-state index in [1.54, 1.807) is 6.33 Å². The molecule has 2 aliphatic rings. The summed E-state index contributed by atoms with van der Waals surface area (Å²) in [4.78, 5) is 24.9. The number of likely N-dealkylation sites (tertiary alicyclic amines) is 1. The zero-order valence-corrected chi connectivity index (χ0v) is 10.7. The summed E-state index contributed by atoms with van der Waals surface area (Å²) < 4.78 is 0. The average Bonchev–Trinajstić information content (AvgIpc) is 2.82. The van der Waals surface area contributed by atoms with Gasteiger partial charge in [-0.25, -0.2) is 9.97 Å². The Morgan fingerprint density at radius 3 is 2.83 bits per heavy atom. The fraction of sp³-hybridized carbons (Fsp3) is 0.615. The van der Waals surface area contributed by atoms with Gasteiger partial charge in [0, 0.05) is 24.2 Å². The molecule has 1 amide bonds. The Balaban J connectivity index is 1.65. The zero-order chi connectivity index (χ0) is 12.5. The Morgan fingerprint density at radius 2 is 2.11 bits per heavy atom. The van der Waals surface area contributed by atoms with Crippen LogP contribution in [0.25, 0.3) is 0 Å². The van der Waals surface area contributed by atoms with Crippen molar-refractivity contribution in [1.82, 2.24) is 19.8 Å². The molecule has 1 aromatic rings. The van der Waals surface area contributed by atoms with Crippen molar-refractivity contribution >= 4 is 5.91 Å². The maximum Gasteiger partial charge on any atom is 0.226 e. The molecule has 0 unspecified atom stereocenters. The standard InChI is InChI=1S/C13H18N4O/c1-16-4-2-10(3-5-16)13(18)17-7-11-6-14-9-15-12(11)8-17/h6,9-10H,2-5,7-8H2,1H3. The van der Waals surface area contributed by atoms with E-state index in [9.17, 15) is 4.79 Å². The predicted octanol–water partition coefficient (Wildman–Crippen LogP) is 0.661. The molecule has 1 fully saturated rings. The van der Waals surface area contributed by atoms with Crippen LogP contribution in [0.2, 0.25) is 0 Å².